The number of amides is 1. The second-order valence-electron chi connectivity index (χ2n) is 3.11. The zero-order chi connectivity index (χ0) is 13.0. The number of hydrogen-bond acceptors (Lipinski definition) is 5. The molecule has 0 unspecified atom stereocenters. The van der Waals surface area contributed by atoms with E-state index in [0.29, 0.717) is 6.54 Å². The normalized spacial score (nSPS) is 9.71. The van der Waals surface area contributed by atoms with E-state index < -0.39 is 27.1 Å². The molecule has 0 spiro atoms. The molecule has 17 heavy (non-hydrogen) atoms. The molecule has 90 valence electrons. The first-order chi connectivity index (χ1) is 7.95. The van der Waals surface area contributed by atoms with Crippen LogP contribution in [-0.4, -0.2) is 22.3 Å². The van der Waals surface area contributed by atoms with E-state index in [-0.39, 0.29) is 5.56 Å². The van der Waals surface area contributed by atoms with Gasteiger partial charge in [-0.1, -0.05) is 0 Å². The number of carbonyl (C=O) groups excluding carboxylic acids is 1. The van der Waals surface area contributed by atoms with Crippen molar-refractivity contribution in [3.8, 4) is 0 Å². The van der Waals surface area contributed by atoms with Gasteiger partial charge >= 0.3 is 0 Å². The van der Waals surface area contributed by atoms with Gasteiger partial charge in [-0.3, -0.25) is 25.0 Å². The van der Waals surface area contributed by atoms with E-state index >= 15 is 0 Å². The van der Waals surface area contributed by atoms with E-state index in [1.165, 1.54) is 0 Å². The number of carbonyl (C=O) groups is 1. The molecular weight excluding hydrogens is 230 g/mol. The summed E-state index contributed by atoms with van der Waals surface area (Å²) in [6.45, 7) is 2.00. The van der Waals surface area contributed by atoms with Crippen LogP contribution in [0.25, 0.3) is 0 Å². The van der Waals surface area contributed by atoms with Crippen LogP contribution in [0.4, 0.5) is 11.4 Å². The van der Waals surface area contributed by atoms with Crippen molar-refractivity contribution in [2.24, 2.45) is 0 Å². The predicted molar refractivity (Wildman–Crippen MR) is 57.8 cm³/mol. The third-order valence-corrected chi connectivity index (χ3v) is 1.92. The van der Waals surface area contributed by atoms with Crippen LogP contribution in [0.2, 0.25) is 0 Å². The second-order valence-corrected chi connectivity index (χ2v) is 3.11. The zero-order valence-corrected chi connectivity index (χ0v) is 8.87. The Morgan fingerprint density at radius 2 is 1.65 bits per heavy atom. The molecular formula is C9H9N3O5. The van der Waals surface area contributed by atoms with Crippen LogP contribution in [0.3, 0.4) is 0 Å². The van der Waals surface area contributed by atoms with Crippen LogP contribution in [-0.2, 0) is 0 Å². The highest BCUT2D eigenvalue weighted by molar-refractivity contribution is 5.95. The van der Waals surface area contributed by atoms with Gasteiger partial charge in [0.05, 0.1) is 21.5 Å². The quantitative estimate of drug-likeness (QED) is 0.627. The Bertz CT molecular complexity index is 453. The van der Waals surface area contributed by atoms with Crippen LogP contribution >= 0.6 is 0 Å². The minimum Gasteiger partial charge on any atom is -0.352 e. The van der Waals surface area contributed by atoms with Gasteiger partial charge in [-0.15, -0.1) is 0 Å². The molecule has 1 aromatic carbocycles. The van der Waals surface area contributed by atoms with E-state index in [1.54, 1.807) is 6.92 Å². The molecule has 0 fully saturated rings. The number of hydrogen-bond donors (Lipinski definition) is 1. The topological polar surface area (TPSA) is 115 Å². The van der Waals surface area contributed by atoms with Gasteiger partial charge in [-0.25, -0.2) is 0 Å². The summed E-state index contributed by atoms with van der Waals surface area (Å²) in [7, 11) is 0. The molecule has 0 aliphatic carbocycles. The molecule has 0 bridgehead atoms. The molecule has 0 heterocycles. The largest absolute Gasteiger partial charge is 0.352 e. The van der Waals surface area contributed by atoms with Gasteiger partial charge in [0.2, 0.25) is 0 Å². The molecule has 0 aromatic heterocycles. The van der Waals surface area contributed by atoms with Crippen molar-refractivity contribution in [3.05, 3.63) is 44.0 Å². The molecule has 0 aliphatic heterocycles. The van der Waals surface area contributed by atoms with Crippen molar-refractivity contribution in [2.45, 2.75) is 6.92 Å². The van der Waals surface area contributed by atoms with Crippen molar-refractivity contribution in [2.75, 3.05) is 6.54 Å². The maximum absolute atomic E-state index is 11.4. The fourth-order valence-electron chi connectivity index (χ4n) is 1.20. The maximum atomic E-state index is 11.4. The fraction of sp³-hybridized carbons (Fsp3) is 0.222. The number of nitrogens with zero attached hydrogens (tertiary/aromatic N) is 2. The molecule has 1 rings (SSSR count). The van der Waals surface area contributed by atoms with Crippen molar-refractivity contribution in [1.29, 1.82) is 0 Å². The number of nitrogens with one attached hydrogen (secondary N) is 1. The maximum Gasteiger partial charge on any atom is 0.277 e. The predicted octanol–water partition coefficient (Wildman–Crippen LogP) is 1.25. The summed E-state index contributed by atoms with van der Waals surface area (Å²) < 4.78 is 0. The number of nitro benzene ring substituents is 2. The molecule has 0 saturated carbocycles. The average molecular weight is 239 g/mol. The summed E-state index contributed by atoms with van der Waals surface area (Å²) in [5.41, 5.74) is -1.08. The first-order valence-electron chi connectivity index (χ1n) is 4.67. The Hall–Kier alpha value is -2.51. The minimum atomic E-state index is -0.782. The van der Waals surface area contributed by atoms with Crippen molar-refractivity contribution < 1.29 is 14.6 Å². The van der Waals surface area contributed by atoms with Gasteiger partial charge in [0.25, 0.3) is 17.3 Å². The molecule has 1 N–H and O–H groups in total. The smallest absolute Gasteiger partial charge is 0.277 e. The number of nitro groups is 2. The SMILES string of the molecule is CCNC(=O)c1cc([N+](=O)[O-])cc([N+](=O)[O-])c1. The lowest BCUT2D eigenvalue weighted by Gasteiger charge is -2.02. The Balaban J connectivity index is 3.26. The van der Waals surface area contributed by atoms with Crippen LogP contribution in [0.1, 0.15) is 17.3 Å². The highest BCUT2D eigenvalue weighted by Gasteiger charge is 2.19. The molecule has 1 amide bonds. The standard InChI is InChI=1S/C9H9N3O5/c1-2-10-9(13)6-3-7(11(14)15)5-8(4-6)12(16)17/h3-5H,2H2,1H3,(H,10,13). The minimum absolute atomic E-state index is 0.104. The number of non-ortho nitro benzene ring substituents is 2. The van der Waals surface area contributed by atoms with Gasteiger partial charge in [0.15, 0.2) is 0 Å². The van der Waals surface area contributed by atoms with Gasteiger partial charge in [-0.05, 0) is 6.92 Å². The van der Waals surface area contributed by atoms with Crippen LogP contribution < -0.4 is 5.32 Å². The van der Waals surface area contributed by atoms with Gasteiger partial charge < -0.3 is 5.32 Å². The lowest BCUT2D eigenvalue weighted by molar-refractivity contribution is -0.394. The molecule has 0 saturated heterocycles. The molecule has 8 nitrogen and oxygen atoms in total. The third-order valence-electron chi connectivity index (χ3n) is 1.92. The van der Waals surface area contributed by atoms with Crippen molar-refractivity contribution in [1.82, 2.24) is 5.32 Å². The van der Waals surface area contributed by atoms with Crippen molar-refractivity contribution >= 4 is 17.3 Å². The first kappa shape index (κ1) is 12.6. The van der Waals surface area contributed by atoms with Crippen LogP contribution in [0.5, 0.6) is 0 Å². The highest BCUT2D eigenvalue weighted by Crippen LogP contribution is 2.22. The molecule has 8 heteroatoms. The Morgan fingerprint density at radius 1 is 1.18 bits per heavy atom. The molecule has 0 atom stereocenters. The Labute approximate surface area is 95.5 Å². The van der Waals surface area contributed by atoms with E-state index in [2.05, 4.69) is 5.32 Å². The zero-order valence-electron chi connectivity index (χ0n) is 8.87. The number of rotatable bonds is 4. The lowest BCUT2D eigenvalue weighted by atomic mass is 10.1. The van der Waals surface area contributed by atoms with E-state index in [4.69, 9.17) is 0 Å². The van der Waals surface area contributed by atoms with Crippen LogP contribution in [0.15, 0.2) is 18.2 Å². The average Bonchev–Trinajstić information content (AvgIpc) is 2.28. The Morgan fingerprint density at radius 3 is 2.00 bits per heavy atom. The monoisotopic (exact) mass is 239 g/mol. The summed E-state index contributed by atoms with van der Waals surface area (Å²) in [5.74, 6) is -0.584. The van der Waals surface area contributed by atoms with Crippen LogP contribution in [0, 0.1) is 20.2 Å². The Kier molecular flexibility index (Phi) is 3.70. The second kappa shape index (κ2) is 5.01. The molecule has 0 aliphatic rings. The van der Waals surface area contributed by atoms with E-state index in [9.17, 15) is 25.0 Å². The molecule has 0 radical (unpaired) electrons. The van der Waals surface area contributed by atoms with Gasteiger partial charge in [0, 0.05) is 18.7 Å². The fourth-order valence-corrected chi connectivity index (χ4v) is 1.20. The first-order valence-corrected chi connectivity index (χ1v) is 4.67. The van der Waals surface area contributed by atoms with Gasteiger partial charge in [-0.2, -0.15) is 0 Å². The molecule has 1 aromatic rings. The summed E-state index contributed by atoms with van der Waals surface area (Å²) in [6, 6.07) is 2.80. The summed E-state index contributed by atoms with van der Waals surface area (Å²) in [4.78, 5) is 31.0. The van der Waals surface area contributed by atoms with Crippen molar-refractivity contribution in [3.63, 3.8) is 0 Å². The highest BCUT2D eigenvalue weighted by atomic mass is 16.6. The number of benzene rings is 1. The van der Waals surface area contributed by atoms with E-state index in [0.717, 1.165) is 18.2 Å². The lowest BCUT2D eigenvalue weighted by Crippen LogP contribution is -2.22. The van der Waals surface area contributed by atoms with E-state index in [1.807, 2.05) is 0 Å². The third kappa shape index (κ3) is 2.97. The summed E-state index contributed by atoms with van der Waals surface area (Å²) in [5, 5.41) is 23.5. The summed E-state index contributed by atoms with van der Waals surface area (Å²) >= 11 is 0. The van der Waals surface area contributed by atoms with Gasteiger partial charge in [0.1, 0.15) is 0 Å². The summed E-state index contributed by atoms with van der Waals surface area (Å²) in [6.07, 6.45) is 0.